The molecule has 0 fully saturated rings. The van der Waals surface area contributed by atoms with E-state index in [1.807, 2.05) is 0 Å². The van der Waals surface area contributed by atoms with Crippen LogP contribution < -0.4 is 0 Å². The zero-order valence-electron chi connectivity index (χ0n) is 17.1. The van der Waals surface area contributed by atoms with Gasteiger partial charge in [0.2, 0.25) is 0 Å². The van der Waals surface area contributed by atoms with E-state index in [-0.39, 0.29) is 26.2 Å². The summed E-state index contributed by atoms with van der Waals surface area (Å²) in [6.07, 6.45) is 25.1. The molecule has 0 radical (unpaired) electrons. The van der Waals surface area contributed by atoms with Crippen molar-refractivity contribution in [1.29, 1.82) is 0 Å². The molecule has 0 aromatic rings. The Kier molecular flexibility index (Phi) is 19.6. The number of halogens is 1. The molecule has 2 aliphatic rings. The smallest absolute Gasteiger partial charge is 0.269 e. The molecule has 0 bridgehead atoms. The van der Waals surface area contributed by atoms with Gasteiger partial charge in [-0.2, -0.15) is 12.2 Å². The third-order valence-electron chi connectivity index (χ3n) is 3.53. The van der Waals surface area contributed by atoms with Crippen LogP contribution in [0.2, 0.25) is 19.6 Å². The van der Waals surface area contributed by atoms with Crippen LogP contribution in [-0.4, -0.2) is 13.6 Å². The van der Waals surface area contributed by atoms with Gasteiger partial charge < -0.3 is 0 Å². The Morgan fingerprint density at radius 3 is 1.44 bits per heavy atom. The number of hydrogen-bond donors (Lipinski definition) is 0. The SMILES string of the molecule is CCCCC1=[C-]CC=C1.CCCCC1=[C-]CC=C1.C[Si](C)(C)CCl.[Zr+2]. The van der Waals surface area contributed by atoms with Crippen molar-refractivity contribution < 1.29 is 26.2 Å². The molecular weight excluding hydrogens is 419 g/mol. The second-order valence-corrected chi connectivity index (χ2v) is 13.7. The van der Waals surface area contributed by atoms with Crippen molar-refractivity contribution in [2.75, 3.05) is 5.50 Å². The molecule has 140 valence electrons. The fraction of sp³-hybridized carbons (Fsp3) is 0.636. The molecular formula is C22H37ClSiZr. The molecule has 0 atom stereocenters. The Balaban J connectivity index is 0. The molecule has 0 spiro atoms. The maximum absolute atomic E-state index is 5.54. The molecule has 0 heterocycles. The molecule has 0 aromatic carbocycles. The van der Waals surface area contributed by atoms with Gasteiger partial charge in [0.25, 0.3) is 0 Å². The van der Waals surface area contributed by atoms with Crippen molar-refractivity contribution in [1.82, 2.24) is 0 Å². The van der Waals surface area contributed by atoms with Crippen molar-refractivity contribution >= 4 is 19.7 Å². The van der Waals surface area contributed by atoms with E-state index >= 15 is 0 Å². The Morgan fingerprint density at radius 1 is 0.880 bits per heavy atom. The number of allylic oxidation sites excluding steroid dienone is 8. The maximum atomic E-state index is 5.54. The van der Waals surface area contributed by atoms with E-state index in [1.165, 1.54) is 49.7 Å². The number of alkyl halides is 1. The largest absolute Gasteiger partial charge is 2.00 e. The van der Waals surface area contributed by atoms with Gasteiger partial charge in [-0.25, -0.2) is 23.3 Å². The summed E-state index contributed by atoms with van der Waals surface area (Å²) in [6, 6.07) is 0. The minimum absolute atomic E-state index is 0. The first-order valence-electron chi connectivity index (χ1n) is 9.51. The predicted molar refractivity (Wildman–Crippen MR) is 114 cm³/mol. The molecule has 2 aliphatic carbocycles. The minimum atomic E-state index is -0.866. The fourth-order valence-corrected chi connectivity index (χ4v) is 1.98. The average Bonchev–Trinajstić information content (AvgIpc) is 3.25. The van der Waals surface area contributed by atoms with Gasteiger partial charge in [0.05, 0.1) is 8.07 Å². The zero-order chi connectivity index (χ0) is 18.3. The summed E-state index contributed by atoms with van der Waals surface area (Å²) in [5.41, 5.74) is 3.71. The van der Waals surface area contributed by atoms with E-state index in [9.17, 15) is 0 Å². The van der Waals surface area contributed by atoms with Gasteiger partial charge in [0, 0.05) is 5.50 Å². The van der Waals surface area contributed by atoms with Crippen LogP contribution >= 0.6 is 11.6 Å². The summed E-state index contributed by atoms with van der Waals surface area (Å²) in [5.74, 6) is 0. The number of unbranched alkanes of at least 4 members (excludes halogenated alkanes) is 2. The Bertz CT molecular complexity index is 394. The predicted octanol–water partition coefficient (Wildman–Crippen LogP) is 7.83. The van der Waals surface area contributed by atoms with Gasteiger partial charge in [0.1, 0.15) is 0 Å². The molecule has 2 rings (SSSR count). The second kappa shape index (κ2) is 17.7. The van der Waals surface area contributed by atoms with Gasteiger partial charge in [0.15, 0.2) is 0 Å². The summed E-state index contributed by atoms with van der Waals surface area (Å²) < 4.78 is 0. The van der Waals surface area contributed by atoms with Gasteiger partial charge in [-0.3, -0.25) is 12.2 Å². The quantitative estimate of drug-likeness (QED) is 0.208. The Hall–Kier alpha value is 0.350. The molecule has 0 amide bonds. The summed E-state index contributed by atoms with van der Waals surface area (Å²) in [5, 5.41) is 0. The minimum Gasteiger partial charge on any atom is -0.269 e. The third kappa shape index (κ3) is 18.9. The zero-order valence-corrected chi connectivity index (χ0v) is 21.3. The molecule has 0 unspecified atom stereocenters. The van der Waals surface area contributed by atoms with E-state index in [0.29, 0.717) is 0 Å². The van der Waals surface area contributed by atoms with Crippen molar-refractivity contribution in [3.63, 3.8) is 0 Å². The summed E-state index contributed by atoms with van der Waals surface area (Å²) in [6.45, 7) is 11.2. The van der Waals surface area contributed by atoms with Crippen LogP contribution in [0.4, 0.5) is 0 Å². The monoisotopic (exact) mass is 454 g/mol. The van der Waals surface area contributed by atoms with Crippen LogP contribution in [0.25, 0.3) is 0 Å². The van der Waals surface area contributed by atoms with Crippen LogP contribution in [0.5, 0.6) is 0 Å². The molecule has 0 aliphatic heterocycles. The van der Waals surface area contributed by atoms with Gasteiger partial charge in [-0.1, -0.05) is 72.0 Å². The Morgan fingerprint density at radius 2 is 1.24 bits per heavy atom. The van der Waals surface area contributed by atoms with Crippen molar-refractivity contribution in [2.45, 2.75) is 84.9 Å². The molecule has 0 aromatic heterocycles. The first kappa shape index (κ1) is 27.6. The molecule has 0 nitrogen and oxygen atoms in total. The van der Waals surface area contributed by atoms with Gasteiger partial charge in [-0.15, -0.1) is 24.4 Å². The summed E-state index contributed by atoms with van der Waals surface area (Å²) in [4.78, 5) is 0. The van der Waals surface area contributed by atoms with Crippen LogP contribution in [0, 0.1) is 12.2 Å². The Labute approximate surface area is 183 Å². The number of hydrogen-bond acceptors (Lipinski definition) is 0. The second-order valence-electron chi connectivity index (χ2n) is 7.52. The van der Waals surface area contributed by atoms with Crippen LogP contribution in [0.1, 0.15) is 65.2 Å². The summed E-state index contributed by atoms with van der Waals surface area (Å²) in [7, 11) is -0.866. The molecule has 0 saturated carbocycles. The summed E-state index contributed by atoms with van der Waals surface area (Å²) >= 11 is 5.54. The maximum Gasteiger partial charge on any atom is 2.00 e. The molecule has 0 N–H and O–H groups in total. The fourth-order valence-electron chi connectivity index (χ4n) is 1.98. The van der Waals surface area contributed by atoms with E-state index in [4.69, 9.17) is 11.6 Å². The first-order valence-corrected chi connectivity index (χ1v) is 13.8. The average molecular weight is 456 g/mol. The number of rotatable bonds is 7. The molecule has 3 heteroatoms. The van der Waals surface area contributed by atoms with Gasteiger partial charge >= 0.3 is 26.2 Å². The van der Waals surface area contributed by atoms with Crippen LogP contribution in [-0.2, 0) is 26.2 Å². The third-order valence-corrected chi connectivity index (χ3v) is 6.74. The van der Waals surface area contributed by atoms with Crippen molar-refractivity contribution in [3.05, 3.63) is 47.6 Å². The topological polar surface area (TPSA) is 0 Å². The normalized spacial score (nSPS) is 14.6. The van der Waals surface area contributed by atoms with Gasteiger partial charge in [-0.05, 0) is 0 Å². The van der Waals surface area contributed by atoms with E-state index < -0.39 is 8.07 Å². The van der Waals surface area contributed by atoms with Crippen LogP contribution in [0.15, 0.2) is 35.5 Å². The van der Waals surface area contributed by atoms with Crippen molar-refractivity contribution in [3.8, 4) is 0 Å². The first-order chi connectivity index (χ1) is 11.4. The molecule has 25 heavy (non-hydrogen) atoms. The van der Waals surface area contributed by atoms with E-state index in [2.05, 4.69) is 69.9 Å². The van der Waals surface area contributed by atoms with Crippen molar-refractivity contribution in [2.24, 2.45) is 0 Å². The van der Waals surface area contributed by atoms with Crippen LogP contribution in [0.3, 0.4) is 0 Å². The van der Waals surface area contributed by atoms with E-state index in [1.54, 1.807) is 0 Å². The van der Waals surface area contributed by atoms with E-state index in [0.717, 1.165) is 18.3 Å². The standard InChI is InChI=1S/2C9H13.C4H11ClSi.Zr/c2*1-2-3-6-9-7-4-5-8-9;1-6(2,3)4-5;/h2*4,7H,2-3,5-6H2,1H3;4H2,1-3H3;/q2*-1;;+2. The molecule has 0 saturated heterocycles.